The van der Waals surface area contributed by atoms with Crippen molar-refractivity contribution in [3.05, 3.63) is 41.6 Å². The van der Waals surface area contributed by atoms with Crippen LogP contribution in [0.4, 0.5) is 0 Å². The molecule has 1 aromatic carbocycles. The van der Waals surface area contributed by atoms with Gasteiger partial charge >= 0.3 is 0 Å². The third kappa shape index (κ3) is 6.44. The average Bonchev–Trinajstić information content (AvgIpc) is 2.73. The lowest BCUT2D eigenvalue weighted by atomic mass is 10.2. The van der Waals surface area contributed by atoms with Crippen LogP contribution in [0.5, 0.6) is 23.1 Å². The van der Waals surface area contributed by atoms with E-state index in [2.05, 4.69) is 20.6 Å². The molecule has 0 spiro atoms. The zero-order chi connectivity index (χ0) is 21.2. The normalized spacial score (nSPS) is 11.2. The van der Waals surface area contributed by atoms with Crippen molar-refractivity contribution in [1.29, 1.82) is 0 Å². The molecule has 0 bridgehead atoms. The van der Waals surface area contributed by atoms with Crippen LogP contribution in [0.15, 0.2) is 35.5 Å². The fourth-order valence-electron chi connectivity index (χ4n) is 2.66. The number of ether oxygens (including phenoxy) is 4. The van der Waals surface area contributed by atoms with Gasteiger partial charge in [0.05, 0.1) is 27.4 Å². The van der Waals surface area contributed by atoms with E-state index in [-0.39, 0.29) is 6.10 Å². The van der Waals surface area contributed by atoms with Gasteiger partial charge in [0.2, 0.25) is 11.6 Å². The Hall–Kier alpha value is -3.16. The van der Waals surface area contributed by atoms with Gasteiger partial charge in [-0.25, -0.2) is 4.98 Å². The smallest absolute Gasteiger partial charge is 0.213 e. The predicted octanol–water partition coefficient (Wildman–Crippen LogP) is 2.76. The number of aliphatic imine (C=N–C) groups is 1. The van der Waals surface area contributed by atoms with E-state index < -0.39 is 0 Å². The highest BCUT2D eigenvalue weighted by molar-refractivity contribution is 5.79. The highest BCUT2D eigenvalue weighted by Gasteiger charge is 2.13. The number of hydrogen-bond acceptors (Lipinski definition) is 6. The highest BCUT2D eigenvalue weighted by atomic mass is 16.5. The van der Waals surface area contributed by atoms with Gasteiger partial charge in [0.15, 0.2) is 17.5 Å². The maximum absolute atomic E-state index is 5.56. The van der Waals surface area contributed by atoms with Crippen molar-refractivity contribution in [3.8, 4) is 23.1 Å². The summed E-state index contributed by atoms with van der Waals surface area (Å²) in [5.74, 6) is 3.08. The molecule has 0 aliphatic carbocycles. The van der Waals surface area contributed by atoms with Crippen molar-refractivity contribution >= 4 is 5.96 Å². The standard InChI is InChI=1S/C21H30N4O4/c1-14(2)29-19-8-7-15(11-23-19)12-24-21(22-3)25-13-16-9-17(26-4)20(28-6)18(10-16)27-5/h7-11,14H,12-13H2,1-6H3,(H2,22,24,25). The fraction of sp³-hybridized carbons (Fsp3) is 0.429. The lowest BCUT2D eigenvalue weighted by Gasteiger charge is -2.16. The van der Waals surface area contributed by atoms with Crippen LogP contribution < -0.4 is 29.6 Å². The van der Waals surface area contributed by atoms with Crippen LogP contribution in [0, 0.1) is 0 Å². The lowest BCUT2D eigenvalue weighted by molar-refractivity contribution is 0.232. The van der Waals surface area contributed by atoms with Crippen LogP contribution in [0.3, 0.4) is 0 Å². The summed E-state index contributed by atoms with van der Waals surface area (Å²) in [6.45, 7) is 5.07. The van der Waals surface area contributed by atoms with Gasteiger partial charge in [0.25, 0.3) is 0 Å². The minimum Gasteiger partial charge on any atom is -0.493 e. The summed E-state index contributed by atoms with van der Waals surface area (Å²) in [5, 5.41) is 6.54. The molecule has 0 unspecified atom stereocenters. The van der Waals surface area contributed by atoms with E-state index in [9.17, 15) is 0 Å². The third-order valence-electron chi connectivity index (χ3n) is 4.02. The zero-order valence-corrected chi connectivity index (χ0v) is 17.9. The van der Waals surface area contributed by atoms with Crippen LogP contribution in [-0.2, 0) is 13.1 Å². The summed E-state index contributed by atoms with van der Waals surface area (Å²) >= 11 is 0. The zero-order valence-electron chi connectivity index (χ0n) is 17.9. The van der Waals surface area contributed by atoms with Gasteiger partial charge in [-0.05, 0) is 37.1 Å². The summed E-state index contributed by atoms with van der Waals surface area (Å²) in [6.07, 6.45) is 1.89. The highest BCUT2D eigenvalue weighted by Crippen LogP contribution is 2.38. The molecule has 2 N–H and O–H groups in total. The van der Waals surface area contributed by atoms with Gasteiger partial charge in [-0.1, -0.05) is 6.07 Å². The molecule has 2 rings (SSSR count). The first kappa shape index (κ1) is 22.1. The van der Waals surface area contributed by atoms with E-state index in [0.717, 1.165) is 11.1 Å². The molecule has 0 aliphatic rings. The Morgan fingerprint density at radius 1 is 0.966 bits per heavy atom. The van der Waals surface area contributed by atoms with Gasteiger partial charge in [0, 0.05) is 32.4 Å². The second-order valence-electron chi connectivity index (χ2n) is 6.48. The molecular formula is C21H30N4O4. The van der Waals surface area contributed by atoms with Crippen molar-refractivity contribution in [2.24, 2.45) is 4.99 Å². The number of benzene rings is 1. The topological polar surface area (TPSA) is 86.2 Å². The lowest BCUT2D eigenvalue weighted by Crippen LogP contribution is -2.36. The van der Waals surface area contributed by atoms with Crippen LogP contribution in [0.25, 0.3) is 0 Å². The predicted molar refractivity (Wildman–Crippen MR) is 113 cm³/mol. The Bertz CT molecular complexity index is 782. The van der Waals surface area contributed by atoms with E-state index in [1.807, 2.05) is 38.1 Å². The van der Waals surface area contributed by atoms with Gasteiger partial charge in [0.1, 0.15) is 0 Å². The first-order chi connectivity index (χ1) is 14.0. The van der Waals surface area contributed by atoms with Gasteiger partial charge in [-0.2, -0.15) is 0 Å². The first-order valence-electron chi connectivity index (χ1n) is 9.35. The molecule has 0 saturated carbocycles. The van der Waals surface area contributed by atoms with E-state index in [1.165, 1.54) is 0 Å². The number of guanidine groups is 1. The number of rotatable bonds is 9. The van der Waals surface area contributed by atoms with E-state index in [1.54, 1.807) is 34.6 Å². The summed E-state index contributed by atoms with van der Waals surface area (Å²) in [6, 6.07) is 7.64. The largest absolute Gasteiger partial charge is 0.493 e. The maximum Gasteiger partial charge on any atom is 0.213 e. The van der Waals surface area contributed by atoms with Crippen molar-refractivity contribution in [1.82, 2.24) is 15.6 Å². The minimum absolute atomic E-state index is 0.102. The average molecular weight is 402 g/mol. The molecule has 1 aromatic heterocycles. The molecule has 158 valence electrons. The molecule has 0 amide bonds. The van der Waals surface area contributed by atoms with Crippen LogP contribution in [0.1, 0.15) is 25.0 Å². The summed E-state index contributed by atoms with van der Waals surface area (Å²) in [4.78, 5) is 8.56. The second kappa shape index (κ2) is 11.0. The number of pyridine rings is 1. The van der Waals surface area contributed by atoms with Crippen molar-refractivity contribution < 1.29 is 18.9 Å². The third-order valence-corrected chi connectivity index (χ3v) is 4.02. The summed E-state index contributed by atoms with van der Waals surface area (Å²) < 4.78 is 21.7. The minimum atomic E-state index is 0.102. The van der Waals surface area contributed by atoms with Gasteiger partial charge < -0.3 is 29.6 Å². The number of hydrogen-bond donors (Lipinski definition) is 2. The van der Waals surface area contributed by atoms with E-state index >= 15 is 0 Å². The Balaban J connectivity index is 1.95. The van der Waals surface area contributed by atoms with Crippen LogP contribution in [0.2, 0.25) is 0 Å². The van der Waals surface area contributed by atoms with E-state index in [0.29, 0.717) is 42.2 Å². The van der Waals surface area contributed by atoms with E-state index in [4.69, 9.17) is 18.9 Å². The maximum atomic E-state index is 5.56. The molecule has 8 nitrogen and oxygen atoms in total. The van der Waals surface area contributed by atoms with Crippen LogP contribution >= 0.6 is 0 Å². The number of nitrogens with zero attached hydrogens (tertiary/aromatic N) is 2. The van der Waals surface area contributed by atoms with Crippen molar-refractivity contribution in [2.75, 3.05) is 28.4 Å². The molecule has 0 saturated heterocycles. The Kier molecular flexibility index (Phi) is 8.39. The molecule has 0 fully saturated rings. The molecular weight excluding hydrogens is 372 g/mol. The van der Waals surface area contributed by atoms with Gasteiger partial charge in [-0.15, -0.1) is 0 Å². The molecule has 8 heteroatoms. The SMILES string of the molecule is CN=C(NCc1ccc(OC(C)C)nc1)NCc1cc(OC)c(OC)c(OC)c1. The van der Waals surface area contributed by atoms with Crippen molar-refractivity contribution in [3.63, 3.8) is 0 Å². The monoisotopic (exact) mass is 402 g/mol. The Morgan fingerprint density at radius 2 is 1.59 bits per heavy atom. The Morgan fingerprint density at radius 3 is 2.03 bits per heavy atom. The number of aromatic nitrogens is 1. The quantitative estimate of drug-likeness (QED) is 0.493. The van der Waals surface area contributed by atoms with Crippen molar-refractivity contribution in [2.45, 2.75) is 33.0 Å². The fourth-order valence-corrected chi connectivity index (χ4v) is 2.66. The van der Waals surface area contributed by atoms with Crippen LogP contribution in [-0.4, -0.2) is 45.4 Å². The molecule has 29 heavy (non-hydrogen) atoms. The summed E-state index contributed by atoms with van der Waals surface area (Å²) in [5.41, 5.74) is 2.00. The molecule has 0 radical (unpaired) electrons. The number of nitrogens with one attached hydrogen (secondary N) is 2. The molecule has 1 heterocycles. The molecule has 2 aromatic rings. The first-order valence-corrected chi connectivity index (χ1v) is 9.35. The molecule has 0 atom stereocenters. The second-order valence-corrected chi connectivity index (χ2v) is 6.48. The summed E-state index contributed by atoms with van der Waals surface area (Å²) in [7, 11) is 6.50. The molecule has 0 aliphatic heterocycles. The van der Waals surface area contributed by atoms with Gasteiger partial charge in [-0.3, -0.25) is 4.99 Å². The Labute approximate surface area is 172 Å². The number of methoxy groups -OCH3 is 3.